The Hall–Kier alpha value is -1.10. The fourth-order valence-corrected chi connectivity index (χ4v) is 2.48. The monoisotopic (exact) mass is 299 g/mol. The van der Waals surface area contributed by atoms with Gasteiger partial charge in [-0.1, -0.05) is 47.8 Å². The highest BCUT2D eigenvalue weighted by Crippen LogP contribution is 2.25. The summed E-state index contributed by atoms with van der Waals surface area (Å²) in [4.78, 5) is 0. The maximum atomic E-state index is 9.27. The third-order valence-corrected chi connectivity index (χ3v) is 3.63. The topological polar surface area (TPSA) is 50.9 Å². The van der Waals surface area contributed by atoms with Gasteiger partial charge >= 0.3 is 0 Å². The molecule has 1 N–H and O–H groups in total. The van der Waals surface area contributed by atoms with Gasteiger partial charge in [0.1, 0.15) is 5.69 Å². The molecule has 1 aromatic carbocycles. The van der Waals surface area contributed by atoms with E-state index >= 15 is 0 Å². The van der Waals surface area contributed by atoms with Gasteiger partial charge in [0.25, 0.3) is 0 Å². The second-order valence-electron chi connectivity index (χ2n) is 4.25. The van der Waals surface area contributed by atoms with Gasteiger partial charge in [0.15, 0.2) is 0 Å². The molecule has 102 valence electrons. The predicted molar refractivity (Wildman–Crippen MR) is 75.5 cm³/mol. The smallest absolute Gasteiger partial charge is 0.111 e. The van der Waals surface area contributed by atoms with Gasteiger partial charge in [0.2, 0.25) is 0 Å². The molecule has 0 fully saturated rings. The number of benzene rings is 1. The molecular formula is C13H15Cl2N3O. The quantitative estimate of drug-likeness (QED) is 0.923. The molecule has 0 saturated carbocycles. The lowest BCUT2D eigenvalue weighted by Crippen LogP contribution is -2.08. The molecule has 2 aromatic rings. The van der Waals surface area contributed by atoms with E-state index in [0.717, 1.165) is 24.1 Å². The van der Waals surface area contributed by atoms with Crippen LogP contribution in [0.25, 0.3) is 0 Å². The summed E-state index contributed by atoms with van der Waals surface area (Å²) < 4.78 is 1.75. The zero-order chi connectivity index (χ0) is 13.8. The Labute approximate surface area is 122 Å². The van der Waals surface area contributed by atoms with Crippen molar-refractivity contribution in [2.45, 2.75) is 32.9 Å². The number of nitrogens with zero attached hydrogens (tertiary/aromatic N) is 3. The Morgan fingerprint density at radius 1 is 1.26 bits per heavy atom. The molecule has 0 aliphatic carbocycles. The molecule has 0 aliphatic heterocycles. The van der Waals surface area contributed by atoms with Gasteiger partial charge in [-0.2, -0.15) is 0 Å². The molecule has 0 unspecified atom stereocenters. The van der Waals surface area contributed by atoms with Crippen molar-refractivity contribution in [1.82, 2.24) is 15.0 Å². The lowest BCUT2D eigenvalue weighted by Gasteiger charge is -2.09. The van der Waals surface area contributed by atoms with Crippen LogP contribution >= 0.6 is 23.2 Å². The highest BCUT2D eigenvalue weighted by Gasteiger charge is 2.14. The third kappa shape index (κ3) is 3.08. The number of halogens is 2. The molecule has 0 spiro atoms. The molecule has 6 heteroatoms. The van der Waals surface area contributed by atoms with Crippen molar-refractivity contribution in [3.05, 3.63) is 45.2 Å². The van der Waals surface area contributed by atoms with Crippen molar-refractivity contribution in [3.63, 3.8) is 0 Å². The summed E-state index contributed by atoms with van der Waals surface area (Å²) in [5, 5.41) is 18.5. The third-order valence-electron chi connectivity index (χ3n) is 2.92. The minimum atomic E-state index is -0.106. The number of rotatable bonds is 5. The van der Waals surface area contributed by atoms with Crippen LogP contribution in [0.15, 0.2) is 18.2 Å². The first-order valence-corrected chi connectivity index (χ1v) is 6.88. The van der Waals surface area contributed by atoms with Gasteiger partial charge < -0.3 is 5.11 Å². The van der Waals surface area contributed by atoms with Gasteiger partial charge in [-0.05, 0) is 18.6 Å². The number of aliphatic hydroxyl groups excluding tert-OH is 1. The van der Waals surface area contributed by atoms with Gasteiger partial charge in [-0.3, -0.25) is 0 Å². The van der Waals surface area contributed by atoms with E-state index in [-0.39, 0.29) is 6.61 Å². The molecule has 0 amide bonds. The van der Waals surface area contributed by atoms with Crippen molar-refractivity contribution in [2.75, 3.05) is 0 Å². The Bertz CT molecular complexity index is 549. The molecule has 0 atom stereocenters. The molecule has 19 heavy (non-hydrogen) atoms. The minimum absolute atomic E-state index is 0.106. The Morgan fingerprint density at radius 3 is 2.53 bits per heavy atom. The van der Waals surface area contributed by atoms with Crippen LogP contribution in [0.5, 0.6) is 0 Å². The van der Waals surface area contributed by atoms with E-state index < -0.39 is 0 Å². The zero-order valence-electron chi connectivity index (χ0n) is 10.6. The first kappa shape index (κ1) is 14.3. The first-order chi connectivity index (χ1) is 9.17. The van der Waals surface area contributed by atoms with E-state index in [4.69, 9.17) is 23.2 Å². The van der Waals surface area contributed by atoms with Gasteiger partial charge in [-0.25, -0.2) is 4.68 Å². The molecule has 0 aliphatic rings. The van der Waals surface area contributed by atoms with Crippen LogP contribution in [0.2, 0.25) is 10.0 Å². The van der Waals surface area contributed by atoms with Gasteiger partial charge in [-0.15, -0.1) is 5.10 Å². The standard InChI is InChI=1S/C13H15Cl2N3O/c1-2-4-13-12(8-19)16-17-18(13)7-9-10(14)5-3-6-11(9)15/h3,5-6,19H,2,4,7-8H2,1H3. The molecule has 1 aromatic heterocycles. The molecule has 2 rings (SSSR count). The molecule has 1 heterocycles. The largest absolute Gasteiger partial charge is 0.390 e. The van der Waals surface area contributed by atoms with Crippen molar-refractivity contribution in [3.8, 4) is 0 Å². The molecule has 0 saturated heterocycles. The van der Waals surface area contributed by atoms with E-state index in [1.54, 1.807) is 16.8 Å². The Balaban J connectivity index is 2.35. The summed E-state index contributed by atoms with van der Waals surface area (Å²) in [5.74, 6) is 0. The SMILES string of the molecule is CCCc1c(CO)nnn1Cc1c(Cl)cccc1Cl. The summed E-state index contributed by atoms with van der Waals surface area (Å²) in [7, 11) is 0. The maximum absolute atomic E-state index is 9.27. The normalized spacial score (nSPS) is 10.9. The van der Waals surface area contributed by atoms with E-state index in [1.165, 1.54) is 0 Å². The number of aromatic nitrogens is 3. The summed E-state index contributed by atoms with van der Waals surface area (Å²) in [6.45, 7) is 2.42. The van der Waals surface area contributed by atoms with Crippen molar-refractivity contribution in [2.24, 2.45) is 0 Å². The fourth-order valence-electron chi connectivity index (χ4n) is 1.96. The van der Waals surface area contributed by atoms with Crippen LogP contribution in [-0.2, 0) is 19.6 Å². The van der Waals surface area contributed by atoms with E-state index in [9.17, 15) is 5.11 Å². The predicted octanol–water partition coefficient (Wildman–Crippen LogP) is 3.08. The van der Waals surface area contributed by atoms with Crippen molar-refractivity contribution >= 4 is 23.2 Å². The minimum Gasteiger partial charge on any atom is -0.390 e. The highest BCUT2D eigenvalue weighted by atomic mass is 35.5. The number of hydrogen-bond donors (Lipinski definition) is 1. The maximum Gasteiger partial charge on any atom is 0.111 e. The number of aliphatic hydroxyl groups is 1. The first-order valence-electron chi connectivity index (χ1n) is 6.12. The van der Waals surface area contributed by atoms with E-state index in [0.29, 0.717) is 22.3 Å². The second kappa shape index (κ2) is 6.37. The average Bonchev–Trinajstić information content (AvgIpc) is 2.77. The van der Waals surface area contributed by atoms with Crippen LogP contribution in [0.3, 0.4) is 0 Å². The van der Waals surface area contributed by atoms with Crippen LogP contribution in [0, 0.1) is 0 Å². The van der Waals surface area contributed by atoms with Crippen LogP contribution in [0.4, 0.5) is 0 Å². The lowest BCUT2D eigenvalue weighted by atomic mass is 10.2. The molecule has 0 radical (unpaired) electrons. The Kier molecular flexibility index (Phi) is 4.80. The van der Waals surface area contributed by atoms with Crippen molar-refractivity contribution < 1.29 is 5.11 Å². The zero-order valence-corrected chi connectivity index (χ0v) is 12.1. The van der Waals surface area contributed by atoms with Crippen LogP contribution in [-0.4, -0.2) is 20.1 Å². The van der Waals surface area contributed by atoms with Gasteiger partial charge in [0, 0.05) is 15.6 Å². The Morgan fingerprint density at radius 2 is 1.95 bits per heavy atom. The highest BCUT2D eigenvalue weighted by molar-refractivity contribution is 6.35. The lowest BCUT2D eigenvalue weighted by molar-refractivity contribution is 0.275. The van der Waals surface area contributed by atoms with Crippen molar-refractivity contribution in [1.29, 1.82) is 0 Å². The molecule has 0 bridgehead atoms. The second-order valence-corrected chi connectivity index (χ2v) is 5.06. The average molecular weight is 300 g/mol. The van der Waals surface area contributed by atoms with Crippen LogP contribution < -0.4 is 0 Å². The van der Waals surface area contributed by atoms with E-state index in [1.807, 2.05) is 6.07 Å². The summed E-state index contributed by atoms with van der Waals surface area (Å²) in [5.41, 5.74) is 2.36. The summed E-state index contributed by atoms with van der Waals surface area (Å²) in [6.07, 6.45) is 1.77. The number of hydrogen-bond acceptors (Lipinski definition) is 3. The molecule has 4 nitrogen and oxygen atoms in total. The molecular weight excluding hydrogens is 285 g/mol. The van der Waals surface area contributed by atoms with Crippen LogP contribution in [0.1, 0.15) is 30.3 Å². The summed E-state index contributed by atoms with van der Waals surface area (Å²) >= 11 is 12.3. The fraction of sp³-hybridized carbons (Fsp3) is 0.385. The van der Waals surface area contributed by atoms with Gasteiger partial charge in [0.05, 0.1) is 18.8 Å². The summed E-state index contributed by atoms with van der Waals surface area (Å²) in [6, 6.07) is 5.40. The van der Waals surface area contributed by atoms with E-state index in [2.05, 4.69) is 17.2 Å².